The lowest BCUT2D eigenvalue weighted by Crippen LogP contribution is -2.14. The topological polar surface area (TPSA) is 76.3 Å². The zero-order valence-corrected chi connectivity index (χ0v) is 10.4. The first-order chi connectivity index (χ1) is 7.90. The van der Waals surface area contributed by atoms with Crippen molar-refractivity contribution in [3.05, 3.63) is 33.6 Å². The summed E-state index contributed by atoms with van der Waals surface area (Å²) in [5.74, 6) is 0.421. The van der Waals surface area contributed by atoms with E-state index in [0.717, 1.165) is 0 Å². The highest BCUT2D eigenvalue weighted by Crippen LogP contribution is 2.18. The Labute approximate surface area is 101 Å². The van der Waals surface area contributed by atoms with Gasteiger partial charge >= 0.3 is 0 Å². The Morgan fingerprint density at radius 1 is 1.53 bits per heavy atom. The lowest BCUT2D eigenvalue weighted by atomic mass is 10.0. The predicted octanol–water partition coefficient (Wildman–Crippen LogP) is 2.25. The fourth-order valence-corrected chi connectivity index (χ4v) is 1.78. The molecule has 0 radical (unpaired) electrons. The summed E-state index contributed by atoms with van der Waals surface area (Å²) in [7, 11) is 0. The average molecular weight is 238 g/mol. The molecule has 0 aliphatic carbocycles. The van der Waals surface area contributed by atoms with E-state index in [4.69, 9.17) is 0 Å². The molecule has 5 heteroatoms. The van der Waals surface area contributed by atoms with Crippen LogP contribution in [-0.2, 0) is 6.42 Å². The summed E-state index contributed by atoms with van der Waals surface area (Å²) < 4.78 is 0. The number of aromatic nitrogens is 1. The summed E-state index contributed by atoms with van der Waals surface area (Å²) in [5.41, 5.74) is 1.30. The summed E-state index contributed by atoms with van der Waals surface area (Å²) >= 11 is 0. The van der Waals surface area contributed by atoms with Crippen molar-refractivity contribution in [2.45, 2.75) is 39.7 Å². The zero-order chi connectivity index (χ0) is 13.0. The third kappa shape index (κ3) is 4.11. The second-order valence-corrected chi connectivity index (χ2v) is 4.71. The average Bonchev–Trinajstić information content (AvgIpc) is 2.15. The Kier molecular flexibility index (Phi) is 4.57. The Bertz CT molecular complexity index is 405. The molecule has 0 fully saturated rings. The second-order valence-electron chi connectivity index (χ2n) is 4.71. The highest BCUT2D eigenvalue weighted by Gasteiger charge is 2.14. The second kappa shape index (κ2) is 5.72. The summed E-state index contributed by atoms with van der Waals surface area (Å²) in [6, 6.07) is 1.67. The fraction of sp³-hybridized carbons (Fsp3) is 0.583. The molecular weight excluding hydrogens is 220 g/mol. The lowest BCUT2D eigenvalue weighted by molar-refractivity contribution is -0.385. The van der Waals surface area contributed by atoms with E-state index in [-0.39, 0.29) is 5.69 Å². The van der Waals surface area contributed by atoms with Gasteiger partial charge in [0.15, 0.2) is 0 Å². The van der Waals surface area contributed by atoms with Crippen LogP contribution in [0.3, 0.4) is 0 Å². The van der Waals surface area contributed by atoms with Gasteiger partial charge in [-0.25, -0.2) is 0 Å². The van der Waals surface area contributed by atoms with E-state index < -0.39 is 11.0 Å². The van der Waals surface area contributed by atoms with Gasteiger partial charge in [-0.3, -0.25) is 15.1 Å². The fourth-order valence-electron chi connectivity index (χ4n) is 1.78. The summed E-state index contributed by atoms with van der Waals surface area (Å²) in [6.45, 7) is 5.76. The normalized spacial score (nSPS) is 12.8. The number of pyridine rings is 1. The van der Waals surface area contributed by atoms with Gasteiger partial charge < -0.3 is 5.11 Å². The molecule has 17 heavy (non-hydrogen) atoms. The molecule has 1 aromatic heterocycles. The van der Waals surface area contributed by atoms with Crippen LogP contribution in [0.2, 0.25) is 0 Å². The van der Waals surface area contributed by atoms with Crippen LogP contribution in [0.15, 0.2) is 12.3 Å². The largest absolute Gasteiger partial charge is 0.393 e. The van der Waals surface area contributed by atoms with Gasteiger partial charge in [-0.15, -0.1) is 0 Å². The quantitative estimate of drug-likeness (QED) is 0.630. The number of hydrogen-bond acceptors (Lipinski definition) is 4. The molecule has 1 unspecified atom stereocenters. The summed E-state index contributed by atoms with van der Waals surface area (Å²) in [5, 5.41) is 20.4. The van der Waals surface area contributed by atoms with Gasteiger partial charge in [-0.05, 0) is 25.3 Å². The van der Waals surface area contributed by atoms with E-state index in [1.807, 2.05) is 13.8 Å². The van der Waals surface area contributed by atoms with Crippen molar-refractivity contribution in [2.75, 3.05) is 0 Å². The van der Waals surface area contributed by atoms with Crippen LogP contribution >= 0.6 is 0 Å². The zero-order valence-electron chi connectivity index (χ0n) is 10.4. The van der Waals surface area contributed by atoms with Crippen molar-refractivity contribution in [3.63, 3.8) is 0 Å². The molecule has 0 aliphatic rings. The Hall–Kier alpha value is -1.49. The third-order valence-electron chi connectivity index (χ3n) is 2.52. The molecule has 1 heterocycles. The number of aliphatic hydroxyl groups excluding tert-OH is 1. The maximum Gasteiger partial charge on any atom is 0.290 e. The molecular formula is C12H18N2O3. The number of rotatable bonds is 5. The number of aliphatic hydroxyl groups is 1. The molecule has 5 nitrogen and oxygen atoms in total. The Morgan fingerprint density at radius 2 is 2.18 bits per heavy atom. The number of nitrogens with zero attached hydrogens (tertiary/aromatic N) is 2. The van der Waals surface area contributed by atoms with Crippen molar-refractivity contribution in [3.8, 4) is 0 Å². The van der Waals surface area contributed by atoms with Crippen LogP contribution in [0.5, 0.6) is 0 Å². The smallest absolute Gasteiger partial charge is 0.290 e. The first-order valence-corrected chi connectivity index (χ1v) is 5.68. The molecule has 1 aromatic rings. The van der Waals surface area contributed by atoms with Gasteiger partial charge in [-0.2, -0.15) is 0 Å². The SMILES string of the molecule is Cc1cc(CC(O)CC(C)C)ncc1[N+](=O)[O-]. The number of aryl methyl sites for hydroxylation is 1. The van der Waals surface area contributed by atoms with Crippen molar-refractivity contribution in [1.82, 2.24) is 4.98 Å². The molecule has 94 valence electrons. The van der Waals surface area contributed by atoms with Gasteiger partial charge in [-0.1, -0.05) is 13.8 Å². The van der Waals surface area contributed by atoms with Crippen LogP contribution in [0.25, 0.3) is 0 Å². The third-order valence-corrected chi connectivity index (χ3v) is 2.52. The van der Waals surface area contributed by atoms with Gasteiger partial charge in [0.1, 0.15) is 6.20 Å². The molecule has 0 amide bonds. The molecule has 1 N–H and O–H groups in total. The van der Waals surface area contributed by atoms with Gasteiger partial charge in [0.25, 0.3) is 5.69 Å². The van der Waals surface area contributed by atoms with Crippen molar-refractivity contribution in [2.24, 2.45) is 5.92 Å². The van der Waals surface area contributed by atoms with Crippen molar-refractivity contribution >= 4 is 5.69 Å². The maximum absolute atomic E-state index is 10.6. The summed E-state index contributed by atoms with van der Waals surface area (Å²) in [6.07, 6.45) is 1.96. The summed E-state index contributed by atoms with van der Waals surface area (Å²) in [4.78, 5) is 14.2. The highest BCUT2D eigenvalue weighted by atomic mass is 16.6. The molecule has 0 bridgehead atoms. The Balaban J connectivity index is 2.74. The highest BCUT2D eigenvalue weighted by molar-refractivity contribution is 5.37. The standard InChI is InChI=1S/C12H18N2O3/c1-8(2)4-11(15)6-10-5-9(3)12(7-13-10)14(16)17/h5,7-8,11,15H,4,6H2,1-3H3. The van der Waals surface area contributed by atoms with E-state index in [0.29, 0.717) is 30.0 Å². The van der Waals surface area contributed by atoms with Crippen molar-refractivity contribution in [1.29, 1.82) is 0 Å². The molecule has 0 aromatic carbocycles. The van der Waals surface area contributed by atoms with Crippen LogP contribution in [0, 0.1) is 23.0 Å². The monoisotopic (exact) mass is 238 g/mol. The van der Waals surface area contributed by atoms with E-state index in [1.54, 1.807) is 13.0 Å². The lowest BCUT2D eigenvalue weighted by Gasteiger charge is -2.12. The van der Waals surface area contributed by atoms with E-state index in [2.05, 4.69) is 4.98 Å². The van der Waals surface area contributed by atoms with Gasteiger partial charge in [0, 0.05) is 17.7 Å². The maximum atomic E-state index is 10.6. The predicted molar refractivity (Wildman–Crippen MR) is 64.8 cm³/mol. The van der Waals surface area contributed by atoms with Gasteiger partial charge in [0.2, 0.25) is 0 Å². The first-order valence-electron chi connectivity index (χ1n) is 5.68. The van der Waals surface area contributed by atoms with Crippen LogP contribution in [0.1, 0.15) is 31.5 Å². The van der Waals surface area contributed by atoms with Crippen LogP contribution in [-0.4, -0.2) is 21.1 Å². The number of nitro groups is 1. The van der Waals surface area contributed by atoms with Gasteiger partial charge in [0.05, 0.1) is 11.0 Å². The minimum absolute atomic E-state index is 0.0205. The molecule has 0 saturated carbocycles. The molecule has 0 spiro atoms. The molecule has 0 saturated heterocycles. The minimum atomic E-state index is -0.448. The van der Waals surface area contributed by atoms with Crippen LogP contribution in [0.4, 0.5) is 5.69 Å². The van der Waals surface area contributed by atoms with E-state index >= 15 is 0 Å². The van der Waals surface area contributed by atoms with E-state index in [9.17, 15) is 15.2 Å². The van der Waals surface area contributed by atoms with E-state index in [1.165, 1.54) is 6.20 Å². The molecule has 1 rings (SSSR count). The first kappa shape index (κ1) is 13.6. The number of hydrogen-bond donors (Lipinski definition) is 1. The molecule has 0 aliphatic heterocycles. The van der Waals surface area contributed by atoms with Crippen molar-refractivity contribution < 1.29 is 10.0 Å². The minimum Gasteiger partial charge on any atom is -0.393 e. The molecule has 1 atom stereocenters. The Morgan fingerprint density at radius 3 is 2.65 bits per heavy atom. The van der Waals surface area contributed by atoms with Crippen LogP contribution < -0.4 is 0 Å².